The molecule has 0 amide bonds. The van der Waals surface area contributed by atoms with E-state index in [2.05, 4.69) is 45.6 Å². The molecule has 94 valence electrons. The fourth-order valence-corrected chi connectivity index (χ4v) is 2.10. The van der Waals surface area contributed by atoms with Crippen LogP contribution < -0.4 is 0 Å². The van der Waals surface area contributed by atoms with E-state index in [1.54, 1.807) is 0 Å². The molecule has 0 spiro atoms. The molecule has 0 unspecified atom stereocenters. The van der Waals surface area contributed by atoms with Gasteiger partial charge >= 0.3 is 0 Å². The standard InChI is InChI=1S/C14H18N4/c1-11-5-6-13-12(9-11)16-14(10-17(2)3)18(13)8-4-7-15/h5-6,9H,4,8,10H2,1-3H3. The zero-order chi connectivity index (χ0) is 13.1. The van der Waals surface area contributed by atoms with Crippen molar-refractivity contribution in [2.24, 2.45) is 0 Å². The average Bonchev–Trinajstić information content (AvgIpc) is 2.62. The van der Waals surface area contributed by atoms with E-state index in [-0.39, 0.29) is 0 Å². The summed E-state index contributed by atoms with van der Waals surface area (Å²) in [6, 6.07) is 8.48. The Morgan fingerprint density at radius 1 is 1.39 bits per heavy atom. The summed E-state index contributed by atoms with van der Waals surface area (Å²) in [5, 5.41) is 8.76. The molecule has 0 aliphatic heterocycles. The van der Waals surface area contributed by atoms with Gasteiger partial charge in [-0.1, -0.05) is 6.07 Å². The highest BCUT2D eigenvalue weighted by molar-refractivity contribution is 5.76. The molecule has 0 saturated heterocycles. The molecule has 1 heterocycles. The number of hydrogen-bond donors (Lipinski definition) is 0. The largest absolute Gasteiger partial charge is 0.326 e. The molecular weight excluding hydrogens is 224 g/mol. The zero-order valence-corrected chi connectivity index (χ0v) is 11.1. The van der Waals surface area contributed by atoms with E-state index in [9.17, 15) is 0 Å². The number of nitriles is 1. The number of nitrogens with zero attached hydrogens (tertiary/aromatic N) is 4. The molecule has 0 N–H and O–H groups in total. The third-order valence-electron chi connectivity index (χ3n) is 2.89. The molecule has 0 aliphatic rings. The van der Waals surface area contributed by atoms with Crippen LogP contribution in [0.4, 0.5) is 0 Å². The number of benzene rings is 1. The van der Waals surface area contributed by atoms with E-state index in [4.69, 9.17) is 5.26 Å². The van der Waals surface area contributed by atoms with Gasteiger partial charge in [-0.15, -0.1) is 0 Å². The van der Waals surface area contributed by atoms with E-state index in [1.165, 1.54) is 5.56 Å². The Balaban J connectivity index is 2.49. The quantitative estimate of drug-likeness (QED) is 0.826. The smallest absolute Gasteiger partial charge is 0.124 e. The number of aromatic nitrogens is 2. The predicted octanol–water partition coefficient (Wildman–Crippen LogP) is 2.32. The second-order valence-electron chi connectivity index (χ2n) is 4.82. The van der Waals surface area contributed by atoms with Crippen LogP contribution in [-0.2, 0) is 13.1 Å². The molecular formula is C14H18N4. The second-order valence-corrected chi connectivity index (χ2v) is 4.82. The molecule has 4 heteroatoms. The summed E-state index contributed by atoms with van der Waals surface area (Å²) in [6.45, 7) is 3.57. The summed E-state index contributed by atoms with van der Waals surface area (Å²) >= 11 is 0. The molecule has 0 atom stereocenters. The summed E-state index contributed by atoms with van der Waals surface area (Å²) in [5.41, 5.74) is 3.35. The first-order valence-corrected chi connectivity index (χ1v) is 6.09. The highest BCUT2D eigenvalue weighted by Gasteiger charge is 2.11. The fourth-order valence-electron chi connectivity index (χ4n) is 2.10. The number of aryl methyl sites for hydroxylation is 2. The maximum atomic E-state index is 8.76. The second kappa shape index (κ2) is 5.19. The maximum absolute atomic E-state index is 8.76. The summed E-state index contributed by atoms with van der Waals surface area (Å²) in [7, 11) is 4.05. The van der Waals surface area contributed by atoms with Crippen molar-refractivity contribution in [2.75, 3.05) is 14.1 Å². The van der Waals surface area contributed by atoms with E-state index < -0.39 is 0 Å². The average molecular weight is 242 g/mol. The third kappa shape index (κ3) is 2.52. The fraction of sp³-hybridized carbons (Fsp3) is 0.429. The Morgan fingerprint density at radius 2 is 2.17 bits per heavy atom. The van der Waals surface area contributed by atoms with Crippen molar-refractivity contribution < 1.29 is 0 Å². The van der Waals surface area contributed by atoms with Gasteiger partial charge in [-0.05, 0) is 38.7 Å². The van der Waals surface area contributed by atoms with Gasteiger partial charge in [0.05, 0.1) is 30.1 Å². The molecule has 0 fully saturated rings. The van der Waals surface area contributed by atoms with Crippen LogP contribution in [0, 0.1) is 18.3 Å². The van der Waals surface area contributed by atoms with E-state index in [1.807, 2.05) is 14.1 Å². The number of hydrogen-bond acceptors (Lipinski definition) is 3. The molecule has 1 aromatic heterocycles. The summed E-state index contributed by atoms with van der Waals surface area (Å²) in [6.07, 6.45) is 0.514. The van der Waals surface area contributed by atoms with Gasteiger partial charge in [-0.3, -0.25) is 0 Å². The Kier molecular flexibility index (Phi) is 3.63. The highest BCUT2D eigenvalue weighted by Crippen LogP contribution is 2.19. The molecule has 0 saturated carbocycles. The lowest BCUT2D eigenvalue weighted by molar-refractivity contribution is 0.382. The number of rotatable bonds is 4. The first-order valence-electron chi connectivity index (χ1n) is 6.09. The molecule has 1 aromatic carbocycles. The molecule has 2 aromatic rings. The van der Waals surface area contributed by atoms with Gasteiger partial charge in [0.15, 0.2) is 0 Å². The Morgan fingerprint density at radius 3 is 2.83 bits per heavy atom. The van der Waals surface area contributed by atoms with Crippen molar-refractivity contribution >= 4 is 11.0 Å². The maximum Gasteiger partial charge on any atom is 0.124 e. The Labute approximate surface area is 107 Å². The van der Waals surface area contributed by atoms with Crippen LogP contribution in [-0.4, -0.2) is 28.5 Å². The van der Waals surface area contributed by atoms with Gasteiger partial charge in [0, 0.05) is 6.54 Å². The van der Waals surface area contributed by atoms with Crippen LogP contribution in [0.15, 0.2) is 18.2 Å². The molecule has 2 rings (SSSR count). The Bertz CT molecular complexity index is 590. The topological polar surface area (TPSA) is 44.9 Å². The molecule has 4 nitrogen and oxygen atoms in total. The van der Waals surface area contributed by atoms with Gasteiger partial charge in [-0.2, -0.15) is 5.26 Å². The van der Waals surface area contributed by atoms with Crippen molar-refractivity contribution in [1.82, 2.24) is 14.5 Å². The van der Waals surface area contributed by atoms with Crippen molar-refractivity contribution in [3.05, 3.63) is 29.6 Å². The van der Waals surface area contributed by atoms with Gasteiger partial charge in [-0.25, -0.2) is 4.98 Å². The van der Waals surface area contributed by atoms with Crippen LogP contribution >= 0.6 is 0 Å². The summed E-state index contributed by atoms with van der Waals surface area (Å²) in [4.78, 5) is 6.77. The number of fused-ring (bicyclic) bond motifs is 1. The third-order valence-corrected chi connectivity index (χ3v) is 2.89. The molecule has 0 radical (unpaired) electrons. The monoisotopic (exact) mass is 242 g/mol. The van der Waals surface area contributed by atoms with Crippen LogP contribution in [0.2, 0.25) is 0 Å². The number of imidazole rings is 1. The van der Waals surface area contributed by atoms with Crippen molar-refractivity contribution in [3.63, 3.8) is 0 Å². The van der Waals surface area contributed by atoms with Crippen molar-refractivity contribution in [1.29, 1.82) is 5.26 Å². The first-order chi connectivity index (χ1) is 8.61. The molecule has 0 aliphatic carbocycles. The molecule has 18 heavy (non-hydrogen) atoms. The summed E-state index contributed by atoms with van der Waals surface area (Å²) in [5.74, 6) is 1.02. The van der Waals surface area contributed by atoms with Crippen LogP contribution in [0.5, 0.6) is 0 Å². The minimum absolute atomic E-state index is 0.514. The van der Waals surface area contributed by atoms with Gasteiger partial charge in [0.2, 0.25) is 0 Å². The van der Waals surface area contributed by atoms with Crippen LogP contribution in [0.25, 0.3) is 11.0 Å². The normalized spacial score (nSPS) is 11.1. The van der Waals surface area contributed by atoms with Crippen molar-refractivity contribution in [2.45, 2.75) is 26.4 Å². The lowest BCUT2D eigenvalue weighted by Gasteiger charge is -2.11. The zero-order valence-electron chi connectivity index (χ0n) is 11.1. The Hall–Kier alpha value is -1.86. The van der Waals surface area contributed by atoms with E-state index in [0.717, 1.165) is 23.4 Å². The SMILES string of the molecule is Cc1ccc2c(c1)nc(CN(C)C)n2CCC#N. The first kappa shape index (κ1) is 12.6. The predicted molar refractivity (Wildman–Crippen MR) is 72.1 cm³/mol. The van der Waals surface area contributed by atoms with Gasteiger partial charge < -0.3 is 9.47 Å². The van der Waals surface area contributed by atoms with Crippen LogP contribution in [0.3, 0.4) is 0 Å². The minimum Gasteiger partial charge on any atom is -0.326 e. The van der Waals surface area contributed by atoms with Crippen molar-refractivity contribution in [3.8, 4) is 6.07 Å². The summed E-state index contributed by atoms with van der Waals surface area (Å²) < 4.78 is 2.15. The van der Waals surface area contributed by atoms with Gasteiger partial charge in [0.1, 0.15) is 5.82 Å². The lowest BCUT2D eigenvalue weighted by Crippen LogP contribution is -2.15. The highest BCUT2D eigenvalue weighted by atomic mass is 15.2. The van der Waals surface area contributed by atoms with E-state index in [0.29, 0.717) is 13.0 Å². The lowest BCUT2D eigenvalue weighted by atomic mass is 10.2. The minimum atomic E-state index is 0.514. The van der Waals surface area contributed by atoms with Crippen LogP contribution in [0.1, 0.15) is 17.8 Å². The van der Waals surface area contributed by atoms with Gasteiger partial charge in [0.25, 0.3) is 0 Å². The van der Waals surface area contributed by atoms with E-state index >= 15 is 0 Å². The molecule has 0 bridgehead atoms.